The van der Waals surface area contributed by atoms with Crippen molar-refractivity contribution in [2.75, 3.05) is 5.75 Å². The lowest BCUT2D eigenvalue weighted by molar-refractivity contribution is 0.587. The summed E-state index contributed by atoms with van der Waals surface area (Å²) in [5, 5.41) is 0. The van der Waals surface area contributed by atoms with Crippen LogP contribution in [0.3, 0.4) is 0 Å². The molecule has 1 aliphatic heterocycles. The van der Waals surface area contributed by atoms with Gasteiger partial charge in [-0.3, -0.25) is 0 Å². The highest BCUT2D eigenvalue weighted by molar-refractivity contribution is 7.91. The van der Waals surface area contributed by atoms with Crippen LogP contribution in [-0.4, -0.2) is 20.2 Å². The lowest BCUT2D eigenvalue weighted by atomic mass is 10.1. The molecule has 2 N–H and O–H groups in total. The summed E-state index contributed by atoms with van der Waals surface area (Å²) < 4.78 is 23.6. The minimum Gasteiger partial charge on any atom is -0.327 e. The summed E-state index contributed by atoms with van der Waals surface area (Å²) in [6.45, 7) is 0. The largest absolute Gasteiger partial charge is 0.327 e. The Bertz CT molecular complexity index is 439. The molecule has 0 amide bonds. The van der Waals surface area contributed by atoms with E-state index in [4.69, 9.17) is 5.73 Å². The van der Waals surface area contributed by atoms with E-state index in [9.17, 15) is 8.42 Å². The lowest BCUT2D eigenvalue weighted by Crippen LogP contribution is -2.28. The zero-order valence-corrected chi connectivity index (χ0v) is 8.63. The van der Waals surface area contributed by atoms with Crippen molar-refractivity contribution in [3.63, 3.8) is 0 Å². The molecular weight excluding hydrogens is 198 g/mol. The molecular formula is C10H13NO2S. The third-order valence-electron chi connectivity index (χ3n) is 2.53. The topological polar surface area (TPSA) is 60.2 Å². The van der Waals surface area contributed by atoms with E-state index in [-0.39, 0.29) is 11.8 Å². The average molecular weight is 211 g/mol. The van der Waals surface area contributed by atoms with Crippen LogP contribution in [-0.2, 0) is 16.3 Å². The first-order valence-electron chi connectivity index (χ1n) is 4.66. The zero-order chi connectivity index (χ0) is 10.2. The van der Waals surface area contributed by atoms with Gasteiger partial charge in [0.1, 0.15) is 0 Å². The first-order valence-corrected chi connectivity index (χ1v) is 6.31. The molecule has 0 saturated carbocycles. The van der Waals surface area contributed by atoms with Gasteiger partial charge in [-0.05, 0) is 24.5 Å². The lowest BCUT2D eigenvalue weighted by Gasteiger charge is -2.05. The molecule has 1 unspecified atom stereocenters. The van der Waals surface area contributed by atoms with Gasteiger partial charge in [-0.2, -0.15) is 0 Å². The summed E-state index contributed by atoms with van der Waals surface area (Å²) in [7, 11) is -3.15. The Hall–Kier alpha value is -0.870. The van der Waals surface area contributed by atoms with Crippen molar-refractivity contribution in [1.82, 2.24) is 0 Å². The molecule has 3 nitrogen and oxygen atoms in total. The minimum atomic E-state index is -3.15. The number of aryl methyl sites for hydroxylation is 1. The van der Waals surface area contributed by atoms with Gasteiger partial charge in [0.05, 0.1) is 10.6 Å². The Morgan fingerprint density at radius 1 is 1.29 bits per heavy atom. The molecule has 1 aromatic rings. The molecule has 76 valence electrons. The molecule has 0 spiro atoms. The smallest absolute Gasteiger partial charge is 0.180 e. The second kappa shape index (κ2) is 3.37. The number of nitrogens with two attached hydrogens (primary N) is 1. The highest BCUT2D eigenvalue weighted by atomic mass is 32.2. The van der Waals surface area contributed by atoms with Gasteiger partial charge in [0.15, 0.2) is 9.84 Å². The van der Waals surface area contributed by atoms with Crippen LogP contribution in [0, 0.1) is 0 Å². The van der Waals surface area contributed by atoms with E-state index < -0.39 is 9.84 Å². The molecule has 0 fully saturated rings. The number of rotatable bonds is 0. The quantitative estimate of drug-likeness (QED) is 0.688. The highest BCUT2D eigenvalue weighted by Gasteiger charge is 2.25. The molecule has 0 bridgehead atoms. The molecule has 1 aliphatic rings. The number of hydrogen-bond donors (Lipinski definition) is 1. The van der Waals surface area contributed by atoms with Gasteiger partial charge in [0.2, 0.25) is 0 Å². The van der Waals surface area contributed by atoms with E-state index in [0.29, 0.717) is 4.90 Å². The SMILES string of the molecule is NC1CCc2ccccc2S(=O)(=O)C1. The normalized spacial score (nSPS) is 25.1. The number of fused-ring (bicyclic) bond motifs is 1. The maximum Gasteiger partial charge on any atom is 0.180 e. The molecule has 1 atom stereocenters. The number of benzene rings is 1. The van der Waals surface area contributed by atoms with Crippen LogP contribution in [0.25, 0.3) is 0 Å². The number of hydrogen-bond acceptors (Lipinski definition) is 3. The molecule has 4 heteroatoms. The van der Waals surface area contributed by atoms with Crippen LogP contribution < -0.4 is 5.73 Å². The van der Waals surface area contributed by atoms with Crippen LogP contribution in [0.2, 0.25) is 0 Å². The first-order chi connectivity index (χ1) is 6.59. The molecule has 2 rings (SSSR count). The van der Waals surface area contributed by atoms with Gasteiger partial charge < -0.3 is 5.73 Å². The maximum atomic E-state index is 11.8. The van der Waals surface area contributed by atoms with Crippen molar-refractivity contribution in [2.45, 2.75) is 23.8 Å². The molecule has 0 aromatic heterocycles. The summed E-state index contributed by atoms with van der Waals surface area (Å²) in [5.41, 5.74) is 6.61. The van der Waals surface area contributed by atoms with Gasteiger partial charge in [-0.1, -0.05) is 18.2 Å². The summed E-state index contributed by atoms with van der Waals surface area (Å²) in [6.07, 6.45) is 1.51. The Labute approximate surface area is 83.9 Å². The second-order valence-corrected chi connectivity index (χ2v) is 5.69. The van der Waals surface area contributed by atoms with E-state index in [0.717, 1.165) is 18.4 Å². The fraction of sp³-hybridized carbons (Fsp3) is 0.400. The van der Waals surface area contributed by atoms with E-state index >= 15 is 0 Å². The Morgan fingerprint density at radius 2 is 2.00 bits per heavy atom. The van der Waals surface area contributed by atoms with Crippen LogP contribution in [0.4, 0.5) is 0 Å². The van der Waals surface area contributed by atoms with Crippen molar-refractivity contribution in [2.24, 2.45) is 5.73 Å². The molecule has 1 aromatic carbocycles. The molecule has 0 aliphatic carbocycles. The van der Waals surface area contributed by atoms with Crippen LogP contribution in [0.15, 0.2) is 29.2 Å². The van der Waals surface area contributed by atoms with E-state index in [1.165, 1.54) is 0 Å². The summed E-state index contributed by atoms with van der Waals surface area (Å²) in [4.78, 5) is 0.466. The van der Waals surface area contributed by atoms with Crippen LogP contribution in [0.5, 0.6) is 0 Å². The van der Waals surface area contributed by atoms with Crippen molar-refractivity contribution in [1.29, 1.82) is 0 Å². The van der Waals surface area contributed by atoms with E-state index in [1.54, 1.807) is 12.1 Å². The standard InChI is InChI=1S/C10H13NO2S/c11-9-6-5-8-3-1-2-4-10(8)14(12,13)7-9/h1-4,9H,5-7,11H2. The Morgan fingerprint density at radius 3 is 2.79 bits per heavy atom. The van der Waals surface area contributed by atoms with Gasteiger partial charge >= 0.3 is 0 Å². The van der Waals surface area contributed by atoms with Gasteiger partial charge in [-0.25, -0.2) is 8.42 Å². The predicted octanol–water partition coefficient (Wildman–Crippen LogP) is 0.734. The second-order valence-electron chi connectivity index (χ2n) is 3.69. The van der Waals surface area contributed by atoms with Crippen molar-refractivity contribution < 1.29 is 8.42 Å². The summed E-state index contributed by atoms with van der Waals surface area (Å²) in [6, 6.07) is 6.93. The Kier molecular flexibility index (Phi) is 2.33. The van der Waals surface area contributed by atoms with Gasteiger partial charge in [-0.15, -0.1) is 0 Å². The molecule has 1 heterocycles. The zero-order valence-electron chi connectivity index (χ0n) is 7.81. The van der Waals surface area contributed by atoms with Crippen LogP contribution >= 0.6 is 0 Å². The molecule has 0 saturated heterocycles. The molecule has 0 radical (unpaired) electrons. The van der Waals surface area contributed by atoms with E-state index in [1.807, 2.05) is 12.1 Å². The van der Waals surface area contributed by atoms with Crippen molar-refractivity contribution >= 4 is 9.84 Å². The monoisotopic (exact) mass is 211 g/mol. The first kappa shape index (κ1) is 9.68. The third-order valence-corrected chi connectivity index (χ3v) is 4.46. The summed E-state index contributed by atoms with van der Waals surface area (Å²) in [5.74, 6) is 0.0734. The fourth-order valence-corrected chi connectivity index (χ4v) is 3.57. The number of sulfone groups is 1. The Balaban J connectivity index is 2.57. The van der Waals surface area contributed by atoms with Crippen molar-refractivity contribution in [3.8, 4) is 0 Å². The van der Waals surface area contributed by atoms with Crippen LogP contribution in [0.1, 0.15) is 12.0 Å². The average Bonchev–Trinajstić information content (AvgIpc) is 2.24. The third kappa shape index (κ3) is 1.67. The highest BCUT2D eigenvalue weighted by Crippen LogP contribution is 2.23. The molecule has 14 heavy (non-hydrogen) atoms. The summed E-state index contributed by atoms with van der Waals surface area (Å²) >= 11 is 0. The predicted molar refractivity (Wildman–Crippen MR) is 54.8 cm³/mol. The maximum absolute atomic E-state index is 11.8. The minimum absolute atomic E-state index is 0.0734. The fourth-order valence-electron chi connectivity index (χ4n) is 1.81. The van der Waals surface area contributed by atoms with Gasteiger partial charge in [0, 0.05) is 6.04 Å². The van der Waals surface area contributed by atoms with Crippen molar-refractivity contribution in [3.05, 3.63) is 29.8 Å². The van der Waals surface area contributed by atoms with Gasteiger partial charge in [0.25, 0.3) is 0 Å². The van der Waals surface area contributed by atoms with E-state index in [2.05, 4.69) is 0 Å².